The molecule has 5 heteroatoms. The van der Waals surface area contributed by atoms with Crippen molar-refractivity contribution in [3.05, 3.63) is 16.5 Å². The third-order valence-electron chi connectivity index (χ3n) is 4.07. The zero-order valence-corrected chi connectivity index (χ0v) is 12.9. The summed E-state index contributed by atoms with van der Waals surface area (Å²) >= 11 is 3.50. The topological polar surface area (TPSA) is 38.2 Å². The van der Waals surface area contributed by atoms with Crippen molar-refractivity contribution in [2.45, 2.75) is 51.2 Å². The Morgan fingerprint density at radius 3 is 3.05 bits per heavy atom. The molecule has 1 saturated carbocycles. The van der Waals surface area contributed by atoms with Crippen molar-refractivity contribution < 1.29 is 4.74 Å². The number of ether oxygens (including phenoxy) is 1. The highest BCUT2D eigenvalue weighted by atomic mass is 79.9. The molecule has 0 aromatic carbocycles. The average molecular weight is 326 g/mol. The Morgan fingerprint density at radius 2 is 2.21 bits per heavy atom. The van der Waals surface area contributed by atoms with Crippen LogP contribution in [0.3, 0.4) is 0 Å². The van der Waals surface area contributed by atoms with Crippen LogP contribution in [0.25, 0.3) is 0 Å². The number of fused-ring (bicyclic) bond motifs is 1. The number of morpholine rings is 1. The van der Waals surface area contributed by atoms with Crippen LogP contribution in [-0.4, -0.2) is 35.3 Å². The highest BCUT2D eigenvalue weighted by Crippen LogP contribution is 2.31. The maximum Gasteiger partial charge on any atom is 0.133 e. The number of nitrogens with zero attached hydrogens (tertiary/aromatic N) is 3. The number of hydrogen-bond donors (Lipinski definition) is 0. The summed E-state index contributed by atoms with van der Waals surface area (Å²) in [5.41, 5.74) is 0. The molecule has 0 radical (unpaired) electrons. The Bertz CT molecular complexity index is 452. The van der Waals surface area contributed by atoms with E-state index in [1.807, 2.05) is 6.07 Å². The first-order valence-corrected chi connectivity index (χ1v) is 7.99. The molecule has 2 fully saturated rings. The van der Waals surface area contributed by atoms with E-state index in [0.29, 0.717) is 12.1 Å². The van der Waals surface area contributed by atoms with E-state index in [-0.39, 0.29) is 0 Å². The van der Waals surface area contributed by atoms with Crippen LogP contribution in [0.5, 0.6) is 0 Å². The summed E-state index contributed by atoms with van der Waals surface area (Å²) in [5, 5.41) is 0. The molecule has 3 rings (SSSR count). The van der Waals surface area contributed by atoms with Gasteiger partial charge in [-0.2, -0.15) is 0 Å². The van der Waals surface area contributed by atoms with Gasteiger partial charge in [0.2, 0.25) is 0 Å². The van der Waals surface area contributed by atoms with Crippen molar-refractivity contribution in [1.29, 1.82) is 0 Å². The van der Waals surface area contributed by atoms with Gasteiger partial charge in [0.25, 0.3) is 0 Å². The summed E-state index contributed by atoms with van der Waals surface area (Å²) in [6.07, 6.45) is 6.25. The van der Waals surface area contributed by atoms with E-state index < -0.39 is 0 Å². The van der Waals surface area contributed by atoms with Gasteiger partial charge in [-0.25, -0.2) is 9.97 Å². The second kappa shape index (κ2) is 5.75. The minimum atomic E-state index is 0.390. The fourth-order valence-corrected chi connectivity index (χ4v) is 3.55. The van der Waals surface area contributed by atoms with Gasteiger partial charge in [0.1, 0.15) is 16.2 Å². The first-order valence-electron chi connectivity index (χ1n) is 7.19. The minimum Gasteiger partial charge on any atom is -0.374 e. The molecule has 0 N–H and O–H groups in total. The van der Waals surface area contributed by atoms with Gasteiger partial charge in [-0.05, 0) is 28.8 Å². The molecular formula is C14H20BrN3O. The average Bonchev–Trinajstić information content (AvgIpc) is 2.46. The molecule has 1 aliphatic carbocycles. The maximum atomic E-state index is 5.92. The molecule has 0 bridgehead atoms. The molecule has 1 saturated heterocycles. The summed E-state index contributed by atoms with van der Waals surface area (Å²) in [7, 11) is 0. The highest BCUT2D eigenvalue weighted by Gasteiger charge is 2.35. The standard InChI is InChI=1S/C14H20BrN3O/c1-2-13-16-12(15)9-14(17-13)18-7-8-19-11-6-4-3-5-10(11)18/h9-11H,2-8H2,1H3. The molecule has 1 aliphatic heterocycles. The van der Waals surface area contributed by atoms with Crippen molar-refractivity contribution in [2.75, 3.05) is 18.1 Å². The van der Waals surface area contributed by atoms with Crippen LogP contribution in [0, 0.1) is 0 Å². The van der Waals surface area contributed by atoms with Crippen molar-refractivity contribution in [1.82, 2.24) is 9.97 Å². The first-order chi connectivity index (χ1) is 9.28. The Morgan fingerprint density at radius 1 is 1.37 bits per heavy atom. The lowest BCUT2D eigenvalue weighted by Crippen LogP contribution is -2.53. The van der Waals surface area contributed by atoms with E-state index in [9.17, 15) is 0 Å². The molecule has 2 unspecified atom stereocenters. The van der Waals surface area contributed by atoms with E-state index in [4.69, 9.17) is 9.72 Å². The van der Waals surface area contributed by atoms with E-state index in [2.05, 4.69) is 32.7 Å². The lowest BCUT2D eigenvalue weighted by Gasteiger charge is -2.44. The molecule has 0 amide bonds. The number of aromatic nitrogens is 2. The summed E-state index contributed by atoms with van der Waals surface area (Å²) in [6, 6.07) is 2.53. The van der Waals surface area contributed by atoms with Gasteiger partial charge in [0, 0.05) is 19.0 Å². The molecule has 19 heavy (non-hydrogen) atoms. The number of anilines is 1. The largest absolute Gasteiger partial charge is 0.374 e. The second-order valence-corrected chi connectivity index (χ2v) is 6.09. The summed E-state index contributed by atoms with van der Waals surface area (Å²) in [4.78, 5) is 11.5. The molecule has 4 nitrogen and oxygen atoms in total. The Hall–Kier alpha value is -0.680. The molecule has 2 heterocycles. The fraction of sp³-hybridized carbons (Fsp3) is 0.714. The molecule has 1 aromatic rings. The quantitative estimate of drug-likeness (QED) is 0.783. The van der Waals surface area contributed by atoms with E-state index >= 15 is 0 Å². The highest BCUT2D eigenvalue weighted by molar-refractivity contribution is 9.10. The summed E-state index contributed by atoms with van der Waals surface area (Å²) < 4.78 is 6.81. The predicted molar refractivity (Wildman–Crippen MR) is 78.5 cm³/mol. The first kappa shape index (κ1) is 13.3. The minimum absolute atomic E-state index is 0.390. The number of halogens is 1. The molecule has 104 valence electrons. The van der Waals surface area contributed by atoms with Crippen LogP contribution < -0.4 is 4.90 Å². The van der Waals surface area contributed by atoms with Gasteiger partial charge in [0.05, 0.1) is 18.8 Å². The Labute approximate surface area is 122 Å². The van der Waals surface area contributed by atoms with Crippen LogP contribution >= 0.6 is 15.9 Å². The van der Waals surface area contributed by atoms with Gasteiger partial charge in [-0.1, -0.05) is 19.8 Å². The van der Waals surface area contributed by atoms with Crippen molar-refractivity contribution in [2.24, 2.45) is 0 Å². The molecular weight excluding hydrogens is 306 g/mol. The summed E-state index contributed by atoms with van der Waals surface area (Å²) in [6.45, 7) is 3.84. The molecule has 2 aliphatic rings. The fourth-order valence-electron chi connectivity index (χ4n) is 3.14. The number of hydrogen-bond acceptors (Lipinski definition) is 4. The zero-order chi connectivity index (χ0) is 13.2. The summed E-state index contributed by atoms with van der Waals surface area (Å²) in [5.74, 6) is 1.96. The monoisotopic (exact) mass is 325 g/mol. The van der Waals surface area contributed by atoms with Crippen LogP contribution in [0.4, 0.5) is 5.82 Å². The molecule has 0 spiro atoms. The number of aryl methyl sites for hydroxylation is 1. The number of rotatable bonds is 2. The smallest absolute Gasteiger partial charge is 0.133 e. The van der Waals surface area contributed by atoms with Crippen LogP contribution in [0.15, 0.2) is 10.7 Å². The predicted octanol–water partition coefficient (Wildman–Crippen LogP) is 2.95. The third-order valence-corrected chi connectivity index (χ3v) is 4.48. The van der Waals surface area contributed by atoms with Gasteiger partial charge >= 0.3 is 0 Å². The SMILES string of the molecule is CCc1nc(Br)cc(N2CCOC3CCCCC32)n1. The van der Waals surface area contributed by atoms with E-state index in [1.165, 1.54) is 25.7 Å². The lowest BCUT2D eigenvalue weighted by atomic mass is 9.90. The Balaban J connectivity index is 1.89. The molecule has 2 atom stereocenters. The Kier molecular flexibility index (Phi) is 4.03. The van der Waals surface area contributed by atoms with E-state index in [0.717, 1.165) is 35.8 Å². The van der Waals surface area contributed by atoms with Crippen molar-refractivity contribution in [3.8, 4) is 0 Å². The maximum absolute atomic E-state index is 5.92. The molecule has 1 aromatic heterocycles. The second-order valence-electron chi connectivity index (χ2n) is 5.27. The van der Waals surface area contributed by atoms with Crippen molar-refractivity contribution in [3.63, 3.8) is 0 Å². The lowest BCUT2D eigenvalue weighted by molar-refractivity contribution is -0.00901. The normalized spacial score (nSPS) is 27.2. The van der Waals surface area contributed by atoms with E-state index in [1.54, 1.807) is 0 Å². The third kappa shape index (κ3) is 2.77. The zero-order valence-electron chi connectivity index (χ0n) is 11.3. The van der Waals surface area contributed by atoms with Gasteiger partial charge in [0.15, 0.2) is 0 Å². The van der Waals surface area contributed by atoms with Crippen molar-refractivity contribution >= 4 is 21.7 Å². The van der Waals surface area contributed by atoms with Crippen LogP contribution in [0.1, 0.15) is 38.4 Å². The van der Waals surface area contributed by atoms with Crippen LogP contribution in [0.2, 0.25) is 0 Å². The van der Waals surface area contributed by atoms with Crippen LogP contribution in [-0.2, 0) is 11.2 Å². The van der Waals surface area contributed by atoms with Gasteiger partial charge < -0.3 is 9.64 Å². The van der Waals surface area contributed by atoms with Gasteiger partial charge in [-0.15, -0.1) is 0 Å². The van der Waals surface area contributed by atoms with Gasteiger partial charge in [-0.3, -0.25) is 0 Å².